The molecule has 0 unspecified atom stereocenters. The molecule has 0 fully saturated rings. The molecule has 0 saturated heterocycles. The standard InChI is InChI=1S/C14H13F3N2O2/c1-8(2)12-11(13(20)21)7-18-19(12)10-5-3-9(4-6-10)14(15,16)17/h3-8H,1-2H3,(H,20,21). The summed E-state index contributed by atoms with van der Waals surface area (Å²) in [4.78, 5) is 11.2. The van der Waals surface area contributed by atoms with Crippen LogP contribution in [0.5, 0.6) is 0 Å². The summed E-state index contributed by atoms with van der Waals surface area (Å²) in [6.45, 7) is 3.59. The van der Waals surface area contributed by atoms with Gasteiger partial charge in [0, 0.05) is 0 Å². The summed E-state index contributed by atoms with van der Waals surface area (Å²) >= 11 is 0. The highest BCUT2D eigenvalue weighted by Gasteiger charge is 2.30. The molecule has 0 spiro atoms. The predicted molar refractivity (Wildman–Crippen MR) is 69.6 cm³/mol. The third kappa shape index (κ3) is 2.91. The Morgan fingerprint density at radius 2 is 1.81 bits per heavy atom. The fourth-order valence-electron chi connectivity index (χ4n) is 2.08. The average molecular weight is 298 g/mol. The molecule has 0 radical (unpaired) electrons. The van der Waals surface area contributed by atoms with E-state index in [4.69, 9.17) is 5.11 Å². The Hall–Kier alpha value is -2.31. The molecule has 1 aromatic heterocycles. The molecule has 0 saturated carbocycles. The maximum absolute atomic E-state index is 12.5. The summed E-state index contributed by atoms with van der Waals surface area (Å²) in [5.74, 6) is -1.25. The van der Waals surface area contributed by atoms with E-state index in [1.165, 1.54) is 23.0 Å². The number of carboxylic acid groups (broad SMARTS) is 1. The zero-order chi connectivity index (χ0) is 15.8. The van der Waals surface area contributed by atoms with Gasteiger partial charge >= 0.3 is 12.1 Å². The van der Waals surface area contributed by atoms with Crippen molar-refractivity contribution in [1.29, 1.82) is 0 Å². The van der Waals surface area contributed by atoms with Crippen LogP contribution in [0.1, 0.15) is 41.4 Å². The van der Waals surface area contributed by atoms with Crippen LogP contribution >= 0.6 is 0 Å². The van der Waals surface area contributed by atoms with Crippen LogP contribution in [0.3, 0.4) is 0 Å². The Kier molecular flexibility index (Phi) is 3.76. The van der Waals surface area contributed by atoms with Crippen LogP contribution in [0.2, 0.25) is 0 Å². The molecule has 0 amide bonds. The smallest absolute Gasteiger partial charge is 0.416 e. The van der Waals surface area contributed by atoms with Crippen molar-refractivity contribution >= 4 is 5.97 Å². The van der Waals surface area contributed by atoms with Crippen molar-refractivity contribution in [2.45, 2.75) is 25.9 Å². The number of hydrogen-bond donors (Lipinski definition) is 1. The summed E-state index contributed by atoms with van der Waals surface area (Å²) < 4.78 is 39.0. The van der Waals surface area contributed by atoms with E-state index in [1.807, 2.05) is 0 Å². The Balaban J connectivity index is 2.50. The van der Waals surface area contributed by atoms with Crippen molar-refractivity contribution in [1.82, 2.24) is 9.78 Å². The van der Waals surface area contributed by atoms with Gasteiger partial charge in [0.1, 0.15) is 5.56 Å². The van der Waals surface area contributed by atoms with Crippen LogP contribution in [0.25, 0.3) is 5.69 Å². The zero-order valence-corrected chi connectivity index (χ0v) is 11.3. The highest BCUT2D eigenvalue weighted by atomic mass is 19.4. The first kappa shape index (κ1) is 15.1. The first-order chi connectivity index (χ1) is 9.71. The van der Waals surface area contributed by atoms with Crippen molar-refractivity contribution < 1.29 is 23.1 Å². The molecule has 2 aromatic rings. The molecule has 21 heavy (non-hydrogen) atoms. The van der Waals surface area contributed by atoms with Gasteiger partial charge in [-0.1, -0.05) is 13.8 Å². The van der Waals surface area contributed by atoms with Gasteiger partial charge in [-0.2, -0.15) is 18.3 Å². The van der Waals surface area contributed by atoms with Gasteiger partial charge in [-0.25, -0.2) is 9.48 Å². The number of rotatable bonds is 3. The molecule has 0 bridgehead atoms. The summed E-state index contributed by atoms with van der Waals surface area (Å²) in [5.41, 5.74) is 0.120. The maximum Gasteiger partial charge on any atom is 0.416 e. The van der Waals surface area contributed by atoms with Crippen LogP contribution in [0, 0.1) is 0 Å². The molecular formula is C14H13F3N2O2. The lowest BCUT2D eigenvalue weighted by Crippen LogP contribution is -2.09. The number of benzene rings is 1. The van der Waals surface area contributed by atoms with E-state index in [-0.39, 0.29) is 11.5 Å². The number of halogens is 3. The van der Waals surface area contributed by atoms with Gasteiger partial charge in [-0.15, -0.1) is 0 Å². The molecule has 0 aliphatic heterocycles. The van der Waals surface area contributed by atoms with Gasteiger partial charge in [0.2, 0.25) is 0 Å². The fraction of sp³-hybridized carbons (Fsp3) is 0.286. The van der Waals surface area contributed by atoms with E-state index in [2.05, 4.69) is 5.10 Å². The number of hydrogen-bond acceptors (Lipinski definition) is 2. The van der Waals surface area contributed by atoms with E-state index in [0.717, 1.165) is 12.1 Å². The largest absolute Gasteiger partial charge is 0.478 e. The fourth-order valence-corrected chi connectivity index (χ4v) is 2.08. The van der Waals surface area contributed by atoms with Crippen molar-refractivity contribution in [3.05, 3.63) is 47.3 Å². The zero-order valence-electron chi connectivity index (χ0n) is 11.3. The van der Waals surface area contributed by atoms with Gasteiger partial charge in [0.15, 0.2) is 0 Å². The highest BCUT2D eigenvalue weighted by Crippen LogP contribution is 2.30. The SMILES string of the molecule is CC(C)c1c(C(=O)O)cnn1-c1ccc(C(F)(F)F)cc1. The average Bonchev–Trinajstić information content (AvgIpc) is 2.82. The van der Waals surface area contributed by atoms with Gasteiger partial charge in [-0.05, 0) is 30.2 Å². The number of aromatic carboxylic acids is 1. The van der Waals surface area contributed by atoms with Gasteiger partial charge < -0.3 is 5.11 Å². The molecular weight excluding hydrogens is 285 g/mol. The molecule has 1 N–H and O–H groups in total. The number of carbonyl (C=O) groups is 1. The molecule has 1 heterocycles. The van der Waals surface area contributed by atoms with Crippen molar-refractivity contribution in [2.75, 3.05) is 0 Å². The van der Waals surface area contributed by atoms with Gasteiger partial charge in [0.25, 0.3) is 0 Å². The third-order valence-electron chi connectivity index (χ3n) is 3.02. The molecule has 7 heteroatoms. The lowest BCUT2D eigenvalue weighted by molar-refractivity contribution is -0.137. The summed E-state index contributed by atoms with van der Waals surface area (Å²) in [6.07, 6.45) is -3.20. The summed E-state index contributed by atoms with van der Waals surface area (Å²) in [7, 11) is 0. The van der Waals surface area contributed by atoms with E-state index < -0.39 is 17.7 Å². The van der Waals surface area contributed by atoms with E-state index >= 15 is 0 Å². The van der Waals surface area contributed by atoms with Crippen LogP contribution < -0.4 is 0 Å². The first-order valence-corrected chi connectivity index (χ1v) is 6.20. The maximum atomic E-state index is 12.5. The first-order valence-electron chi connectivity index (χ1n) is 6.20. The molecule has 1 aromatic carbocycles. The molecule has 112 valence electrons. The van der Waals surface area contributed by atoms with Crippen molar-refractivity contribution in [3.8, 4) is 5.69 Å². The van der Waals surface area contributed by atoms with E-state index in [1.54, 1.807) is 13.8 Å². The van der Waals surface area contributed by atoms with E-state index in [9.17, 15) is 18.0 Å². The Morgan fingerprint density at radius 1 is 1.24 bits per heavy atom. The Bertz CT molecular complexity index is 658. The minimum Gasteiger partial charge on any atom is -0.478 e. The monoisotopic (exact) mass is 298 g/mol. The second-order valence-electron chi connectivity index (χ2n) is 4.86. The summed E-state index contributed by atoms with van der Waals surface area (Å²) in [5, 5.41) is 13.1. The molecule has 2 rings (SSSR count). The van der Waals surface area contributed by atoms with Crippen LogP contribution in [0.4, 0.5) is 13.2 Å². The second kappa shape index (κ2) is 5.23. The van der Waals surface area contributed by atoms with Crippen LogP contribution in [-0.2, 0) is 6.18 Å². The van der Waals surface area contributed by atoms with Gasteiger partial charge in [-0.3, -0.25) is 0 Å². The minimum absolute atomic E-state index is 0.0462. The normalized spacial score (nSPS) is 11.9. The van der Waals surface area contributed by atoms with E-state index in [0.29, 0.717) is 11.4 Å². The molecule has 0 aliphatic rings. The number of carboxylic acids is 1. The lowest BCUT2D eigenvalue weighted by atomic mass is 10.1. The molecule has 0 atom stereocenters. The summed E-state index contributed by atoms with van der Waals surface area (Å²) in [6, 6.07) is 4.43. The van der Waals surface area contributed by atoms with Gasteiger partial charge in [0.05, 0.1) is 23.1 Å². The van der Waals surface area contributed by atoms with Crippen LogP contribution in [0.15, 0.2) is 30.5 Å². The number of alkyl halides is 3. The number of aromatic nitrogens is 2. The Labute approximate surface area is 118 Å². The Morgan fingerprint density at radius 3 is 2.24 bits per heavy atom. The topological polar surface area (TPSA) is 55.1 Å². The highest BCUT2D eigenvalue weighted by molar-refractivity contribution is 5.89. The molecule has 4 nitrogen and oxygen atoms in total. The lowest BCUT2D eigenvalue weighted by Gasteiger charge is -2.12. The minimum atomic E-state index is -4.41. The van der Waals surface area contributed by atoms with Crippen LogP contribution in [-0.4, -0.2) is 20.9 Å². The predicted octanol–water partition coefficient (Wildman–Crippen LogP) is 3.71. The van der Waals surface area contributed by atoms with Crippen molar-refractivity contribution in [2.24, 2.45) is 0 Å². The number of nitrogens with zero attached hydrogens (tertiary/aromatic N) is 2. The van der Waals surface area contributed by atoms with Crippen molar-refractivity contribution in [3.63, 3.8) is 0 Å². The molecule has 0 aliphatic carbocycles. The quantitative estimate of drug-likeness (QED) is 0.939. The third-order valence-corrected chi connectivity index (χ3v) is 3.02. The second-order valence-corrected chi connectivity index (χ2v) is 4.86.